The summed E-state index contributed by atoms with van der Waals surface area (Å²) in [6, 6.07) is 6.87. The molecule has 1 saturated heterocycles. The molecule has 0 radical (unpaired) electrons. The molecule has 1 aliphatic rings. The van der Waals surface area contributed by atoms with Crippen molar-refractivity contribution in [2.75, 3.05) is 26.8 Å². The molecule has 21 heavy (non-hydrogen) atoms. The maximum Gasteiger partial charge on any atom is 0.265 e. The number of nitrogen functional groups attached to an aromatic ring is 1. The van der Waals surface area contributed by atoms with E-state index in [1.54, 1.807) is 19.2 Å². The third kappa shape index (κ3) is 3.78. The summed E-state index contributed by atoms with van der Waals surface area (Å²) in [7, 11) is 1.62. The number of carbonyl (C=O) groups is 2. The zero-order valence-corrected chi connectivity index (χ0v) is 12.0. The lowest BCUT2D eigenvalue weighted by atomic mass is 10.1. The second-order valence-electron chi connectivity index (χ2n) is 4.85. The molecule has 114 valence electrons. The van der Waals surface area contributed by atoms with Crippen molar-refractivity contribution in [1.29, 1.82) is 0 Å². The van der Waals surface area contributed by atoms with E-state index in [1.807, 2.05) is 12.1 Å². The van der Waals surface area contributed by atoms with Gasteiger partial charge < -0.3 is 10.1 Å². The minimum Gasteiger partial charge on any atom is -0.378 e. The number of rotatable bonds is 4. The molecule has 1 aromatic carbocycles. The van der Waals surface area contributed by atoms with Gasteiger partial charge in [-0.2, -0.15) is 0 Å². The highest BCUT2D eigenvalue weighted by molar-refractivity contribution is 5.93. The Hall–Kier alpha value is -1.96. The van der Waals surface area contributed by atoms with Gasteiger partial charge in [0.2, 0.25) is 5.91 Å². The Kier molecular flexibility index (Phi) is 5.26. The third-order valence-corrected chi connectivity index (χ3v) is 3.52. The fraction of sp³-hybridized carbons (Fsp3) is 0.429. The van der Waals surface area contributed by atoms with Gasteiger partial charge in [-0.15, -0.1) is 0 Å². The number of carbonyl (C=O) groups excluding carboxylic acids is 2. The number of amides is 2. The highest BCUT2D eigenvalue weighted by atomic mass is 16.5. The number of benzene rings is 1. The Balaban J connectivity index is 2.05. The van der Waals surface area contributed by atoms with E-state index >= 15 is 0 Å². The number of nitrogens with two attached hydrogens (primary N) is 1. The Labute approximate surface area is 123 Å². The van der Waals surface area contributed by atoms with Crippen LogP contribution in [0.3, 0.4) is 0 Å². The second-order valence-corrected chi connectivity index (χ2v) is 4.85. The molecule has 1 unspecified atom stereocenters. The Morgan fingerprint density at radius 3 is 2.71 bits per heavy atom. The number of hydrazine groups is 1. The molecule has 0 aliphatic carbocycles. The van der Waals surface area contributed by atoms with Crippen LogP contribution in [0.5, 0.6) is 0 Å². The number of morpholine rings is 1. The summed E-state index contributed by atoms with van der Waals surface area (Å²) in [4.78, 5) is 25.3. The summed E-state index contributed by atoms with van der Waals surface area (Å²) in [6.07, 6.45) is 0. The fourth-order valence-electron chi connectivity index (χ4n) is 2.31. The quantitative estimate of drug-likeness (QED) is 0.385. The van der Waals surface area contributed by atoms with E-state index in [2.05, 4.69) is 15.6 Å². The van der Waals surface area contributed by atoms with Crippen LogP contribution in [-0.2, 0) is 16.1 Å². The van der Waals surface area contributed by atoms with Gasteiger partial charge in [-0.25, -0.2) is 5.84 Å². The average Bonchev–Trinajstić information content (AvgIpc) is 2.54. The second kappa shape index (κ2) is 7.16. The molecule has 2 rings (SSSR count). The van der Waals surface area contributed by atoms with E-state index in [0.29, 0.717) is 31.9 Å². The standard InChI is InChI=1S/C14H20N4O3/c1-16-14(20)12-9-21-7-6-18(12)8-10-2-4-11(5-3-10)13(19)17-15/h2-5,12H,6-9,15H2,1H3,(H,16,20)(H,17,19). The van der Waals surface area contributed by atoms with Crippen LogP contribution in [0.25, 0.3) is 0 Å². The Bertz CT molecular complexity index is 503. The van der Waals surface area contributed by atoms with Crippen molar-refractivity contribution >= 4 is 11.8 Å². The lowest BCUT2D eigenvalue weighted by Gasteiger charge is -2.34. The van der Waals surface area contributed by atoms with Crippen molar-refractivity contribution in [3.8, 4) is 0 Å². The first-order chi connectivity index (χ1) is 10.2. The summed E-state index contributed by atoms with van der Waals surface area (Å²) in [5.74, 6) is 4.72. The molecular weight excluding hydrogens is 272 g/mol. The van der Waals surface area contributed by atoms with Gasteiger partial charge in [0.25, 0.3) is 5.91 Å². The summed E-state index contributed by atoms with van der Waals surface area (Å²) >= 11 is 0. The number of hydrogen-bond donors (Lipinski definition) is 3. The minimum absolute atomic E-state index is 0.0474. The molecule has 4 N–H and O–H groups in total. The SMILES string of the molecule is CNC(=O)C1COCCN1Cc1ccc(C(=O)NN)cc1. The molecule has 1 atom stereocenters. The van der Waals surface area contributed by atoms with Crippen LogP contribution in [0.2, 0.25) is 0 Å². The Morgan fingerprint density at radius 2 is 2.10 bits per heavy atom. The van der Waals surface area contributed by atoms with E-state index in [-0.39, 0.29) is 17.9 Å². The predicted molar refractivity (Wildman–Crippen MR) is 77.2 cm³/mol. The van der Waals surface area contributed by atoms with Crippen molar-refractivity contribution in [3.05, 3.63) is 35.4 Å². The van der Waals surface area contributed by atoms with Crippen LogP contribution in [0.1, 0.15) is 15.9 Å². The molecule has 7 nitrogen and oxygen atoms in total. The first kappa shape index (κ1) is 15.4. The number of hydrogen-bond acceptors (Lipinski definition) is 5. The van der Waals surface area contributed by atoms with Crippen LogP contribution in [0.15, 0.2) is 24.3 Å². The highest BCUT2D eigenvalue weighted by Gasteiger charge is 2.28. The zero-order valence-electron chi connectivity index (χ0n) is 12.0. The maximum absolute atomic E-state index is 11.9. The topological polar surface area (TPSA) is 96.7 Å². The van der Waals surface area contributed by atoms with E-state index in [4.69, 9.17) is 10.6 Å². The van der Waals surface area contributed by atoms with Gasteiger partial charge in [-0.3, -0.25) is 19.9 Å². The van der Waals surface area contributed by atoms with Gasteiger partial charge in [-0.1, -0.05) is 12.1 Å². The van der Waals surface area contributed by atoms with Crippen LogP contribution >= 0.6 is 0 Å². The molecule has 0 bridgehead atoms. The van der Waals surface area contributed by atoms with Crippen molar-refractivity contribution in [2.45, 2.75) is 12.6 Å². The van der Waals surface area contributed by atoms with E-state index < -0.39 is 0 Å². The molecule has 2 amide bonds. The van der Waals surface area contributed by atoms with E-state index in [9.17, 15) is 9.59 Å². The van der Waals surface area contributed by atoms with Gasteiger partial charge in [0.15, 0.2) is 0 Å². The number of ether oxygens (including phenoxy) is 1. The van der Waals surface area contributed by atoms with Crippen LogP contribution in [0, 0.1) is 0 Å². The number of likely N-dealkylation sites (N-methyl/N-ethyl adjacent to an activating group) is 1. The fourth-order valence-corrected chi connectivity index (χ4v) is 2.31. The zero-order chi connectivity index (χ0) is 15.2. The summed E-state index contributed by atoms with van der Waals surface area (Å²) < 4.78 is 5.37. The average molecular weight is 292 g/mol. The largest absolute Gasteiger partial charge is 0.378 e. The van der Waals surface area contributed by atoms with Crippen LogP contribution in [-0.4, -0.2) is 49.6 Å². The van der Waals surface area contributed by atoms with Gasteiger partial charge >= 0.3 is 0 Å². The van der Waals surface area contributed by atoms with Crippen LogP contribution < -0.4 is 16.6 Å². The summed E-state index contributed by atoms with van der Waals surface area (Å²) in [6.45, 7) is 2.34. The smallest absolute Gasteiger partial charge is 0.265 e. The summed E-state index contributed by atoms with van der Waals surface area (Å²) in [5, 5.41) is 2.65. The van der Waals surface area contributed by atoms with Gasteiger partial charge in [0.05, 0.1) is 13.2 Å². The minimum atomic E-state index is -0.323. The summed E-state index contributed by atoms with van der Waals surface area (Å²) in [5.41, 5.74) is 3.63. The van der Waals surface area contributed by atoms with E-state index in [0.717, 1.165) is 5.56 Å². The van der Waals surface area contributed by atoms with Crippen LogP contribution in [0.4, 0.5) is 0 Å². The first-order valence-electron chi connectivity index (χ1n) is 6.79. The normalized spacial score (nSPS) is 19.0. The Morgan fingerprint density at radius 1 is 1.38 bits per heavy atom. The van der Waals surface area contributed by atoms with Crippen molar-refractivity contribution in [3.63, 3.8) is 0 Å². The van der Waals surface area contributed by atoms with Gasteiger partial charge in [0.1, 0.15) is 6.04 Å². The monoisotopic (exact) mass is 292 g/mol. The van der Waals surface area contributed by atoms with Crippen molar-refractivity contribution in [2.24, 2.45) is 5.84 Å². The lowest BCUT2D eigenvalue weighted by molar-refractivity contribution is -0.132. The number of nitrogens with one attached hydrogen (secondary N) is 2. The molecule has 1 fully saturated rings. The molecule has 7 heteroatoms. The van der Waals surface area contributed by atoms with Crippen molar-refractivity contribution in [1.82, 2.24) is 15.6 Å². The molecule has 1 heterocycles. The molecular formula is C14H20N4O3. The van der Waals surface area contributed by atoms with Gasteiger partial charge in [0, 0.05) is 25.7 Å². The third-order valence-electron chi connectivity index (χ3n) is 3.52. The molecule has 0 saturated carbocycles. The van der Waals surface area contributed by atoms with E-state index in [1.165, 1.54) is 0 Å². The highest BCUT2D eigenvalue weighted by Crippen LogP contribution is 2.13. The molecule has 0 spiro atoms. The maximum atomic E-state index is 11.9. The molecule has 1 aromatic rings. The molecule has 0 aromatic heterocycles. The number of nitrogens with zero attached hydrogens (tertiary/aromatic N) is 1. The predicted octanol–water partition coefficient (Wildman–Crippen LogP) is -0.763. The lowest BCUT2D eigenvalue weighted by Crippen LogP contribution is -2.52. The first-order valence-corrected chi connectivity index (χ1v) is 6.79. The molecule has 1 aliphatic heterocycles. The van der Waals surface area contributed by atoms with Gasteiger partial charge in [-0.05, 0) is 17.7 Å². The van der Waals surface area contributed by atoms with Crippen molar-refractivity contribution < 1.29 is 14.3 Å².